The lowest BCUT2D eigenvalue weighted by molar-refractivity contribution is 0.437. The van der Waals surface area contributed by atoms with Crippen LogP contribution in [0.5, 0.6) is 11.9 Å². The molecule has 0 aliphatic heterocycles. The smallest absolute Gasteiger partial charge is 0.307 e. The lowest BCUT2D eigenvalue weighted by Gasteiger charge is -2.38. The topological polar surface area (TPSA) is 62.1 Å². The predicted octanol–water partition coefficient (Wildman–Crippen LogP) is 7.45. The van der Waals surface area contributed by atoms with Crippen LogP contribution in [-0.4, -0.2) is 44.1 Å². The van der Waals surface area contributed by atoms with Crippen molar-refractivity contribution in [3.63, 3.8) is 0 Å². The largest absolute Gasteiger partial charge is 0.529 e. The van der Waals surface area contributed by atoms with E-state index in [4.69, 9.17) is 23.8 Å². The van der Waals surface area contributed by atoms with Gasteiger partial charge in [0.05, 0.1) is 6.33 Å². The zero-order valence-electron chi connectivity index (χ0n) is 23.2. The van der Waals surface area contributed by atoms with E-state index in [0.717, 1.165) is 11.2 Å². The third-order valence-electron chi connectivity index (χ3n) is 8.09. The molecular formula is C23H46N4O2Si3. The van der Waals surface area contributed by atoms with Gasteiger partial charge in [0.2, 0.25) is 5.88 Å². The monoisotopic (exact) mass is 494 g/mol. The Bertz CT molecular complexity index is 978. The summed E-state index contributed by atoms with van der Waals surface area (Å²) in [5.41, 5.74) is 1.57. The molecule has 0 aromatic carbocycles. The molecule has 0 spiro atoms. The Morgan fingerprint density at radius 2 is 1.16 bits per heavy atom. The van der Waals surface area contributed by atoms with Crippen molar-refractivity contribution in [2.75, 3.05) is 0 Å². The molecule has 2 heterocycles. The zero-order valence-corrected chi connectivity index (χ0v) is 26.2. The third kappa shape index (κ3) is 4.99. The summed E-state index contributed by atoms with van der Waals surface area (Å²) in [5.74, 6) is 0.563. The molecule has 0 atom stereocenters. The number of hydrogen-bond acceptors (Lipinski definition) is 5. The molecule has 0 unspecified atom stereocenters. The standard InChI is InChI=1S/C23H46N4O2Si3/c1-21(2,3)30(10,11)27-16-24-17-18(27)25-20(29-32(14,15)23(7,8)9)26-19(17)28-31(12,13)22(4,5)6/h16H,1-15H3. The highest BCUT2D eigenvalue weighted by Crippen LogP contribution is 2.42. The number of imidazole rings is 1. The maximum Gasteiger partial charge on any atom is 0.307 e. The minimum atomic E-state index is -2.13. The van der Waals surface area contributed by atoms with E-state index in [0.29, 0.717) is 11.9 Å². The first-order valence-corrected chi connectivity index (χ1v) is 20.4. The molecule has 9 heteroatoms. The molecule has 0 aliphatic rings. The summed E-state index contributed by atoms with van der Waals surface area (Å²) >= 11 is 0. The highest BCUT2D eigenvalue weighted by Gasteiger charge is 2.43. The van der Waals surface area contributed by atoms with Crippen molar-refractivity contribution in [3.05, 3.63) is 6.33 Å². The van der Waals surface area contributed by atoms with Crippen LogP contribution in [0.25, 0.3) is 11.2 Å². The van der Waals surface area contributed by atoms with E-state index in [1.807, 2.05) is 6.33 Å². The van der Waals surface area contributed by atoms with Gasteiger partial charge in [-0.15, -0.1) is 0 Å². The van der Waals surface area contributed by atoms with Crippen molar-refractivity contribution in [1.82, 2.24) is 19.2 Å². The van der Waals surface area contributed by atoms with Crippen LogP contribution in [0, 0.1) is 0 Å². The molecule has 0 radical (unpaired) electrons. The van der Waals surface area contributed by atoms with Gasteiger partial charge >= 0.3 is 6.01 Å². The first-order chi connectivity index (χ1) is 14.0. The second-order valence-corrected chi connectivity index (χ2v) is 28.2. The van der Waals surface area contributed by atoms with Crippen LogP contribution in [0.2, 0.25) is 54.4 Å². The van der Waals surface area contributed by atoms with Gasteiger partial charge in [0, 0.05) is 0 Å². The first kappa shape index (κ1) is 27.0. The molecular weight excluding hydrogens is 449 g/mol. The third-order valence-corrected chi connectivity index (χ3v) is 21.9. The molecule has 0 N–H and O–H groups in total. The fourth-order valence-corrected chi connectivity index (χ4v) is 6.06. The Morgan fingerprint density at radius 3 is 1.59 bits per heavy atom. The van der Waals surface area contributed by atoms with E-state index in [9.17, 15) is 0 Å². The lowest BCUT2D eigenvalue weighted by Crippen LogP contribution is -2.46. The van der Waals surface area contributed by atoms with Gasteiger partial charge in [-0.3, -0.25) is 0 Å². The Hall–Kier alpha value is -1.20. The molecule has 32 heavy (non-hydrogen) atoms. The van der Waals surface area contributed by atoms with Crippen LogP contribution in [0.15, 0.2) is 6.33 Å². The van der Waals surface area contributed by atoms with Crippen molar-refractivity contribution in [1.29, 1.82) is 0 Å². The minimum Gasteiger partial charge on any atom is -0.529 e. The molecule has 2 aromatic heterocycles. The average molecular weight is 495 g/mol. The van der Waals surface area contributed by atoms with E-state index in [1.54, 1.807) is 0 Å². The SMILES string of the molecule is CC(C)(C)[Si](C)(C)Oc1nc(O[Si](C)(C)C(C)(C)C)c2ncn([Si](C)(C)C(C)(C)C)c2n1. The van der Waals surface area contributed by atoms with Gasteiger partial charge in [0.1, 0.15) is 0 Å². The van der Waals surface area contributed by atoms with E-state index >= 15 is 0 Å². The van der Waals surface area contributed by atoms with E-state index in [2.05, 4.69) is 106 Å². The molecule has 6 nitrogen and oxygen atoms in total. The summed E-state index contributed by atoms with van der Waals surface area (Å²) in [5, 5.41) is 0.227. The van der Waals surface area contributed by atoms with Crippen LogP contribution in [-0.2, 0) is 0 Å². The predicted molar refractivity (Wildman–Crippen MR) is 144 cm³/mol. The average Bonchev–Trinajstić information content (AvgIpc) is 2.95. The lowest BCUT2D eigenvalue weighted by atomic mass is 10.2. The number of nitrogens with zero attached hydrogens (tertiary/aromatic N) is 4. The van der Waals surface area contributed by atoms with Crippen molar-refractivity contribution in [2.24, 2.45) is 0 Å². The summed E-state index contributed by atoms with van der Waals surface area (Å²) in [6.07, 6.45) is 1.94. The first-order valence-electron chi connectivity index (χ1n) is 11.6. The fraction of sp³-hybridized carbons (Fsp3) is 0.783. The quantitative estimate of drug-likeness (QED) is 0.404. The molecule has 0 saturated heterocycles. The Balaban J connectivity index is 2.77. The summed E-state index contributed by atoms with van der Waals surface area (Å²) < 4.78 is 15.6. The van der Waals surface area contributed by atoms with Gasteiger partial charge in [-0.1, -0.05) is 75.4 Å². The van der Waals surface area contributed by atoms with Gasteiger partial charge in [0.15, 0.2) is 19.4 Å². The highest BCUT2D eigenvalue weighted by atomic mass is 28.4. The van der Waals surface area contributed by atoms with Crippen LogP contribution in [0.4, 0.5) is 0 Å². The molecule has 0 bridgehead atoms. The number of aromatic nitrogens is 4. The van der Waals surface area contributed by atoms with Crippen LogP contribution in [0.3, 0.4) is 0 Å². The normalized spacial score (nSPS) is 14.7. The van der Waals surface area contributed by atoms with E-state index in [1.165, 1.54) is 0 Å². The van der Waals surface area contributed by atoms with Crippen LogP contribution >= 0.6 is 0 Å². The van der Waals surface area contributed by atoms with Crippen molar-refractivity contribution >= 4 is 36.0 Å². The molecule has 0 aliphatic carbocycles. The molecule has 0 saturated carbocycles. The number of rotatable bonds is 5. The minimum absolute atomic E-state index is 0.0471. The molecule has 0 amide bonds. The second-order valence-electron chi connectivity index (χ2n) is 13.6. The molecule has 2 rings (SSSR count). The second kappa shape index (κ2) is 7.94. The van der Waals surface area contributed by atoms with Crippen molar-refractivity contribution < 1.29 is 8.85 Å². The molecule has 182 valence electrons. The summed E-state index contributed by atoms with van der Waals surface area (Å²) in [7, 11) is -6.20. The Morgan fingerprint density at radius 1 is 0.688 bits per heavy atom. The maximum absolute atomic E-state index is 6.69. The fourth-order valence-electron chi connectivity index (χ4n) is 2.52. The van der Waals surface area contributed by atoms with E-state index in [-0.39, 0.29) is 15.1 Å². The van der Waals surface area contributed by atoms with Gasteiger partial charge in [-0.25, -0.2) is 4.98 Å². The van der Waals surface area contributed by atoms with E-state index < -0.39 is 24.9 Å². The van der Waals surface area contributed by atoms with Gasteiger partial charge in [-0.2, -0.15) is 9.97 Å². The highest BCUT2D eigenvalue weighted by molar-refractivity contribution is 6.79. The van der Waals surface area contributed by atoms with Crippen molar-refractivity contribution in [3.8, 4) is 11.9 Å². The Kier molecular flexibility index (Phi) is 6.71. The van der Waals surface area contributed by atoms with Crippen LogP contribution in [0.1, 0.15) is 62.3 Å². The number of fused-ring (bicyclic) bond motifs is 1. The van der Waals surface area contributed by atoms with Gasteiger partial charge < -0.3 is 13.1 Å². The van der Waals surface area contributed by atoms with Gasteiger partial charge in [0.25, 0.3) is 16.6 Å². The Labute approximate surface area is 198 Å². The summed E-state index contributed by atoms with van der Waals surface area (Å²) in [6.45, 7) is 33.9. The van der Waals surface area contributed by atoms with Crippen LogP contribution < -0.4 is 8.85 Å². The number of hydrogen-bond donors (Lipinski definition) is 0. The van der Waals surface area contributed by atoms with Gasteiger partial charge in [-0.05, 0) is 41.3 Å². The summed E-state index contributed by atoms with van der Waals surface area (Å²) in [4.78, 5) is 14.5. The maximum atomic E-state index is 6.69. The molecule has 2 aromatic rings. The zero-order chi connectivity index (χ0) is 25.1. The molecule has 0 fully saturated rings. The van der Waals surface area contributed by atoms with Crippen molar-refractivity contribution in [2.45, 2.75) is 117 Å². The summed E-state index contributed by atoms with van der Waals surface area (Å²) in [6, 6.07) is 0.415.